The lowest BCUT2D eigenvalue weighted by atomic mass is 10.1. The van der Waals surface area contributed by atoms with Gasteiger partial charge in [-0.3, -0.25) is 20.0 Å². The maximum Gasteiger partial charge on any atom is 0.328 e. The lowest BCUT2D eigenvalue weighted by molar-refractivity contribution is -0.120. The van der Waals surface area contributed by atoms with Gasteiger partial charge in [0.1, 0.15) is 0 Å². The number of carbonyl (C=O) groups excluding carboxylic acids is 2. The van der Waals surface area contributed by atoms with Gasteiger partial charge >= 0.3 is 6.03 Å². The van der Waals surface area contributed by atoms with E-state index in [9.17, 15) is 9.59 Å². The molecule has 0 atom stereocenters. The molecule has 1 aromatic heterocycles. The molecule has 0 aliphatic carbocycles. The lowest BCUT2D eigenvalue weighted by Gasteiger charge is -2.27. The number of rotatable bonds is 1. The molecule has 3 amide bonds. The first-order chi connectivity index (χ1) is 9.15. The standard InChI is InChI=1S/C13H10BrN3O2/c14-9-5-8-7-15-3-1-10(8)11(6-9)17-4-2-12(18)16-13(17)19/h1,3,5-7H,2,4H2,(H,16,18,19). The maximum absolute atomic E-state index is 11.9. The summed E-state index contributed by atoms with van der Waals surface area (Å²) in [7, 11) is 0. The number of halogens is 1. The Morgan fingerprint density at radius 1 is 1.32 bits per heavy atom. The molecule has 1 aliphatic rings. The Morgan fingerprint density at radius 2 is 2.16 bits per heavy atom. The summed E-state index contributed by atoms with van der Waals surface area (Å²) in [5, 5.41) is 4.20. The van der Waals surface area contributed by atoms with Crippen LogP contribution in [0.2, 0.25) is 0 Å². The fourth-order valence-electron chi connectivity index (χ4n) is 2.17. The number of nitrogens with zero attached hydrogens (tertiary/aromatic N) is 2. The number of anilines is 1. The molecule has 2 heterocycles. The van der Waals surface area contributed by atoms with Crippen LogP contribution in [0.3, 0.4) is 0 Å². The van der Waals surface area contributed by atoms with Gasteiger partial charge in [0.05, 0.1) is 5.69 Å². The molecule has 0 spiro atoms. The summed E-state index contributed by atoms with van der Waals surface area (Å²) in [5.41, 5.74) is 0.775. The third kappa shape index (κ3) is 2.19. The van der Waals surface area contributed by atoms with Crippen molar-refractivity contribution in [2.75, 3.05) is 11.4 Å². The van der Waals surface area contributed by atoms with Crippen molar-refractivity contribution >= 4 is 44.3 Å². The molecule has 0 saturated carbocycles. The largest absolute Gasteiger partial charge is 0.328 e. The molecular weight excluding hydrogens is 310 g/mol. The second kappa shape index (κ2) is 4.62. The van der Waals surface area contributed by atoms with E-state index in [-0.39, 0.29) is 11.9 Å². The van der Waals surface area contributed by atoms with Crippen LogP contribution in [0.1, 0.15) is 6.42 Å². The van der Waals surface area contributed by atoms with Gasteiger partial charge in [0.25, 0.3) is 0 Å². The van der Waals surface area contributed by atoms with Gasteiger partial charge in [-0.2, -0.15) is 0 Å². The van der Waals surface area contributed by atoms with Gasteiger partial charge in [0.2, 0.25) is 5.91 Å². The van der Waals surface area contributed by atoms with Crippen molar-refractivity contribution in [3.05, 3.63) is 35.1 Å². The molecular formula is C13H10BrN3O2. The number of imide groups is 1. The van der Waals surface area contributed by atoms with Crippen LogP contribution < -0.4 is 10.2 Å². The highest BCUT2D eigenvalue weighted by molar-refractivity contribution is 9.10. The molecule has 1 saturated heterocycles. The van der Waals surface area contributed by atoms with Gasteiger partial charge in [-0.15, -0.1) is 0 Å². The van der Waals surface area contributed by atoms with Gasteiger partial charge in [-0.1, -0.05) is 15.9 Å². The normalized spacial score (nSPS) is 15.7. The number of pyridine rings is 1. The van der Waals surface area contributed by atoms with Crippen molar-refractivity contribution in [3.8, 4) is 0 Å². The molecule has 5 nitrogen and oxygen atoms in total. The Labute approximate surface area is 117 Å². The van der Waals surface area contributed by atoms with E-state index in [1.54, 1.807) is 17.3 Å². The fraction of sp³-hybridized carbons (Fsp3) is 0.154. The molecule has 1 aromatic carbocycles. The van der Waals surface area contributed by atoms with Crippen LogP contribution in [-0.2, 0) is 4.79 Å². The number of hydrogen-bond acceptors (Lipinski definition) is 3. The number of nitrogens with one attached hydrogen (secondary N) is 1. The van der Waals surface area contributed by atoms with Crippen molar-refractivity contribution in [1.29, 1.82) is 0 Å². The third-order valence-electron chi connectivity index (χ3n) is 3.04. The van der Waals surface area contributed by atoms with E-state index in [4.69, 9.17) is 0 Å². The molecule has 96 valence electrons. The van der Waals surface area contributed by atoms with Crippen molar-refractivity contribution in [2.45, 2.75) is 6.42 Å². The molecule has 0 radical (unpaired) electrons. The van der Waals surface area contributed by atoms with Crippen LogP contribution in [0.15, 0.2) is 35.1 Å². The summed E-state index contributed by atoms with van der Waals surface area (Å²) in [6.07, 6.45) is 3.74. The number of aromatic nitrogens is 1. The van der Waals surface area contributed by atoms with Crippen molar-refractivity contribution in [3.63, 3.8) is 0 Å². The number of carbonyl (C=O) groups is 2. The van der Waals surface area contributed by atoms with E-state index in [2.05, 4.69) is 26.2 Å². The Balaban J connectivity index is 2.14. The van der Waals surface area contributed by atoms with Crippen LogP contribution in [0.25, 0.3) is 10.8 Å². The number of benzene rings is 1. The predicted molar refractivity (Wildman–Crippen MR) is 74.9 cm³/mol. The van der Waals surface area contributed by atoms with E-state index in [0.717, 1.165) is 20.9 Å². The predicted octanol–water partition coefficient (Wildman–Crippen LogP) is 2.44. The molecule has 1 aliphatic heterocycles. The highest BCUT2D eigenvalue weighted by atomic mass is 79.9. The van der Waals surface area contributed by atoms with Crippen LogP contribution in [0, 0.1) is 0 Å². The van der Waals surface area contributed by atoms with E-state index < -0.39 is 0 Å². The highest BCUT2D eigenvalue weighted by Gasteiger charge is 2.25. The molecule has 1 N–H and O–H groups in total. The topological polar surface area (TPSA) is 62.3 Å². The van der Waals surface area contributed by atoms with E-state index in [0.29, 0.717) is 13.0 Å². The first-order valence-electron chi connectivity index (χ1n) is 5.80. The Hall–Kier alpha value is -1.95. The summed E-state index contributed by atoms with van der Waals surface area (Å²) in [6.45, 7) is 0.387. The summed E-state index contributed by atoms with van der Waals surface area (Å²) in [4.78, 5) is 28.8. The van der Waals surface area contributed by atoms with Gasteiger partial charge < -0.3 is 0 Å². The SMILES string of the molecule is O=C1CCN(c2cc(Br)cc3cnccc23)C(=O)N1. The number of amides is 3. The van der Waals surface area contributed by atoms with Crippen LogP contribution >= 0.6 is 15.9 Å². The van der Waals surface area contributed by atoms with Crippen LogP contribution in [0.4, 0.5) is 10.5 Å². The average molecular weight is 320 g/mol. The minimum Gasteiger partial charge on any atom is -0.293 e. The van der Waals surface area contributed by atoms with Crippen molar-refractivity contribution < 1.29 is 9.59 Å². The van der Waals surface area contributed by atoms with Crippen molar-refractivity contribution in [1.82, 2.24) is 10.3 Å². The zero-order valence-electron chi connectivity index (χ0n) is 9.89. The van der Waals surface area contributed by atoms with E-state index >= 15 is 0 Å². The second-order valence-electron chi connectivity index (χ2n) is 4.28. The molecule has 0 bridgehead atoms. The monoisotopic (exact) mass is 319 g/mol. The van der Waals surface area contributed by atoms with Gasteiger partial charge in [0.15, 0.2) is 0 Å². The second-order valence-corrected chi connectivity index (χ2v) is 5.19. The van der Waals surface area contributed by atoms with Gasteiger partial charge in [-0.25, -0.2) is 4.79 Å². The molecule has 6 heteroatoms. The Kier molecular flexibility index (Phi) is 2.94. The van der Waals surface area contributed by atoms with Crippen LogP contribution in [-0.4, -0.2) is 23.5 Å². The molecule has 19 heavy (non-hydrogen) atoms. The van der Waals surface area contributed by atoms with Crippen molar-refractivity contribution in [2.24, 2.45) is 0 Å². The summed E-state index contributed by atoms with van der Waals surface area (Å²) in [6, 6.07) is 5.30. The minimum atomic E-state index is -0.382. The molecule has 2 aromatic rings. The fourth-order valence-corrected chi connectivity index (χ4v) is 2.63. The zero-order valence-corrected chi connectivity index (χ0v) is 11.5. The van der Waals surface area contributed by atoms with E-state index in [1.807, 2.05) is 18.2 Å². The smallest absolute Gasteiger partial charge is 0.293 e. The summed E-state index contributed by atoms with van der Waals surface area (Å²) in [5.74, 6) is -0.234. The number of urea groups is 1. The van der Waals surface area contributed by atoms with Gasteiger partial charge in [0, 0.05) is 40.6 Å². The molecule has 1 fully saturated rings. The molecule has 3 rings (SSSR count). The highest BCUT2D eigenvalue weighted by Crippen LogP contribution is 2.31. The first-order valence-corrected chi connectivity index (χ1v) is 6.59. The summed E-state index contributed by atoms with van der Waals surface area (Å²) < 4.78 is 0.868. The zero-order chi connectivity index (χ0) is 13.4. The maximum atomic E-state index is 11.9. The first kappa shape index (κ1) is 12.1. The van der Waals surface area contributed by atoms with Crippen LogP contribution in [0.5, 0.6) is 0 Å². The average Bonchev–Trinajstić information content (AvgIpc) is 2.38. The lowest BCUT2D eigenvalue weighted by Crippen LogP contribution is -2.49. The minimum absolute atomic E-state index is 0.234. The quantitative estimate of drug-likeness (QED) is 0.878. The Bertz CT molecular complexity index is 687. The molecule has 0 unspecified atom stereocenters. The third-order valence-corrected chi connectivity index (χ3v) is 3.50. The van der Waals surface area contributed by atoms with Gasteiger partial charge in [-0.05, 0) is 18.2 Å². The van der Waals surface area contributed by atoms with E-state index in [1.165, 1.54) is 0 Å². The summed E-state index contributed by atoms with van der Waals surface area (Å²) >= 11 is 3.43. The number of hydrogen-bond donors (Lipinski definition) is 1. The Morgan fingerprint density at radius 3 is 2.95 bits per heavy atom. The number of fused-ring (bicyclic) bond motifs is 1.